The zero-order chi connectivity index (χ0) is 15.0. The van der Waals surface area contributed by atoms with Gasteiger partial charge >= 0.3 is 6.18 Å². The SMILES string of the molecule is O=S(=O)(Cl)c1ccc(-c2cccnc2)c(C(F)(F)F)c1. The van der Waals surface area contributed by atoms with Gasteiger partial charge in [-0.25, -0.2) is 8.42 Å². The summed E-state index contributed by atoms with van der Waals surface area (Å²) in [7, 11) is 0.844. The van der Waals surface area contributed by atoms with Crippen molar-refractivity contribution in [3.63, 3.8) is 0 Å². The Labute approximate surface area is 117 Å². The van der Waals surface area contributed by atoms with Crippen LogP contribution < -0.4 is 0 Å². The largest absolute Gasteiger partial charge is 0.417 e. The Balaban J connectivity index is 2.71. The molecule has 1 aromatic carbocycles. The fourth-order valence-corrected chi connectivity index (χ4v) is 2.46. The van der Waals surface area contributed by atoms with E-state index < -0.39 is 25.7 Å². The minimum atomic E-state index is -4.71. The Kier molecular flexibility index (Phi) is 3.75. The zero-order valence-corrected chi connectivity index (χ0v) is 11.3. The van der Waals surface area contributed by atoms with Crippen molar-refractivity contribution in [2.24, 2.45) is 0 Å². The predicted molar refractivity (Wildman–Crippen MR) is 67.7 cm³/mol. The molecule has 106 valence electrons. The summed E-state index contributed by atoms with van der Waals surface area (Å²) in [5.41, 5.74) is -1.000. The highest BCUT2D eigenvalue weighted by Gasteiger charge is 2.35. The first-order valence-corrected chi connectivity index (χ1v) is 7.57. The molecule has 0 atom stereocenters. The maximum atomic E-state index is 13.0. The molecule has 20 heavy (non-hydrogen) atoms. The number of alkyl halides is 3. The molecule has 0 aliphatic carbocycles. The number of hydrogen-bond acceptors (Lipinski definition) is 3. The van der Waals surface area contributed by atoms with Crippen molar-refractivity contribution in [3.8, 4) is 11.1 Å². The molecular formula is C12H7ClF3NO2S. The summed E-state index contributed by atoms with van der Waals surface area (Å²) in [5.74, 6) is 0. The summed E-state index contributed by atoms with van der Waals surface area (Å²) in [6.45, 7) is 0. The minimum Gasteiger partial charge on any atom is -0.264 e. The Bertz CT molecular complexity index is 730. The first-order chi connectivity index (χ1) is 9.19. The molecule has 0 radical (unpaired) electrons. The average molecular weight is 322 g/mol. The van der Waals surface area contributed by atoms with E-state index in [9.17, 15) is 21.6 Å². The van der Waals surface area contributed by atoms with Gasteiger partial charge in [0.05, 0.1) is 10.5 Å². The van der Waals surface area contributed by atoms with E-state index in [0.29, 0.717) is 6.07 Å². The van der Waals surface area contributed by atoms with Gasteiger partial charge in [0.1, 0.15) is 0 Å². The minimum absolute atomic E-state index is 0.158. The van der Waals surface area contributed by atoms with E-state index in [1.807, 2.05) is 0 Å². The molecule has 2 rings (SSSR count). The molecule has 0 bridgehead atoms. The van der Waals surface area contributed by atoms with Gasteiger partial charge in [0, 0.05) is 28.6 Å². The van der Waals surface area contributed by atoms with Crippen LogP contribution in [0.15, 0.2) is 47.6 Å². The van der Waals surface area contributed by atoms with Crippen LogP contribution in [0.1, 0.15) is 5.56 Å². The van der Waals surface area contributed by atoms with Crippen molar-refractivity contribution in [2.45, 2.75) is 11.1 Å². The number of halogens is 4. The van der Waals surface area contributed by atoms with Gasteiger partial charge in [0.2, 0.25) is 0 Å². The van der Waals surface area contributed by atoms with E-state index in [-0.39, 0.29) is 11.1 Å². The van der Waals surface area contributed by atoms with E-state index in [2.05, 4.69) is 4.98 Å². The summed E-state index contributed by atoms with van der Waals surface area (Å²) < 4.78 is 61.4. The lowest BCUT2D eigenvalue weighted by Crippen LogP contribution is -2.08. The summed E-state index contributed by atoms with van der Waals surface area (Å²) >= 11 is 0. The van der Waals surface area contributed by atoms with Gasteiger partial charge in [-0.05, 0) is 23.8 Å². The van der Waals surface area contributed by atoms with E-state index in [0.717, 1.165) is 12.1 Å². The third kappa shape index (κ3) is 3.10. The fraction of sp³-hybridized carbons (Fsp3) is 0.0833. The average Bonchev–Trinajstić information content (AvgIpc) is 2.37. The zero-order valence-electron chi connectivity index (χ0n) is 9.73. The number of rotatable bonds is 2. The van der Waals surface area contributed by atoms with E-state index in [4.69, 9.17) is 10.7 Å². The van der Waals surface area contributed by atoms with Crippen LogP contribution in [-0.2, 0) is 15.2 Å². The predicted octanol–water partition coefficient (Wildman–Crippen LogP) is 3.69. The van der Waals surface area contributed by atoms with Crippen molar-refractivity contribution in [3.05, 3.63) is 48.3 Å². The molecule has 3 nitrogen and oxygen atoms in total. The quantitative estimate of drug-likeness (QED) is 0.792. The van der Waals surface area contributed by atoms with Gasteiger partial charge in [-0.3, -0.25) is 4.98 Å². The third-order valence-corrected chi connectivity index (χ3v) is 3.90. The summed E-state index contributed by atoms with van der Waals surface area (Å²) in [6.07, 6.45) is -2.02. The molecule has 2 aromatic rings. The fourth-order valence-electron chi connectivity index (χ4n) is 1.68. The van der Waals surface area contributed by atoms with Crippen LogP contribution in [0.25, 0.3) is 11.1 Å². The Hall–Kier alpha value is -1.60. The van der Waals surface area contributed by atoms with Crippen LogP contribution in [0.2, 0.25) is 0 Å². The highest BCUT2D eigenvalue weighted by Crippen LogP contribution is 2.38. The lowest BCUT2D eigenvalue weighted by molar-refractivity contribution is -0.137. The molecule has 0 unspecified atom stereocenters. The normalized spacial score (nSPS) is 12.4. The van der Waals surface area contributed by atoms with Crippen LogP contribution >= 0.6 is 10.7 Å². The Morgan fingerprint density at radius 3 is 2.35 bits per heavy atom. The number of nitrogens with zero attached hydrogens (tertiary/aromatic N) is 1. The molecule has 0 saturated carbocycles. The maximum absolute atomic E-state index is 13.0. The highest BCUT2D eigenvalue weighted by molar-refractivity contribution is 8.13. The first-order valence-electron chi connectivity index (χ1n) is 5.26. The number of hydrogen-bond donors (Lipinski definition) is 0. The van der Waals surface area contributed by atoms with E-state index >= 15 is 0 Å². The van der Waals surface area contributed by atoms with Crippen LogP contribution in [-0.4, -0.2) is 13.4 Å². The molecule has 0 aliphatic heterocycles. The molecule has 1 heterocycles. The van der Waals surface area contributed by atoms with Crippen molar-refractivity contribution in [2.75, 3.05) is 0 Å². The van der Waals surface area contributed by atoms with Gasteiger partial charge in [-0.2, -0.15) is 13.2 Å². The molecule has 0 fully saturated rings. The molecule has 0 aliphatic rings. The van der Waals surface area contributed by atoms with E-state index in [1.54, 1.807) is 0 Å². The number of benzene rings is 1. The van der Waals surface area contributed by atoms with Crippen LogP contribution in [0, 0.1) is 0 Å². The van der Waals surface area contributed by atoms with Crippen molar-refractivity contribution in [1.29, 1.82) is 0 Å². The molecule has 8 heteroatoms. The number of pyridine rings is 1. The monoisotopic (exact) mass is 321 g/mol. The molecule has 0 N–H and O–H groups in total. The smallest absolute Gasteiger partial charge is 0.264 e. The van der Waals surface area contributed by atoms with Crippen molar-refractivity contribution < 1.29 is 21.6 Å². The van der Waals surface area contributed by atoms with Gasteiger partial charge < -0.3 is 0 Å². The first kappa shape index (κ1) is 14.8. The topological polar surface area (TPSA) is 47.0 Å². The van der Waals surface area contributed by atoms with Crippen LogP contribution in [0.5, 0.6) is 0 Å². The van der Waals surface area contributed by atoms with E-state index in [1.165, 1.54) is 24.5 Å². The molecule has 0 spiro atoms. The third-order valence-electron chi connectivity index (χ3n) is 2.55. The molecule has 0 saturated heterocycles. The van der Waals surface area contributed by atoms with Gasteiger partial charge in [0.15, 0.2) is 0 Å². The molecule has 0 amide bonds. The van der Waals surface area contributed by atoms with Crippen molar-refractivity contribution >= 4 is 19.7 Å². The van der Waals surface area contributed by atoms with Gasteiger partial charge in [-0.1, -0.05) is 12.1 Å². The second-order valence-electron chi connectivity index (χ2n) is 3.88. The second-order valence-corrected chi connectivity index (χ2v) is 6.45. The maximum Gasteiger partial charge on any atom is 0.417 e. The van der Waals surface area contributed by atoms with Gasteiger partial charge in [-0.15, -0.1) is 0 Å². The molecule has 1 aromatic heterocycles. The standard InChI is InChI=1S/C12H7ClF3NO2S/c13-20(18,19)9-3-4-10(8-2-1-5-17-7-8)11(6-9)12(14,15)16/h1-7H. The van der Waals surface area contributed by atoms with Crippen LogP contribution in [0.4, 0.5) is 13.2 Å². The van der Waals surface area contributed by atoms with Crippen LogP contribution in [0.3, 0.4) is 0 Å². The summed E-state index contributed by atoms with van der Waals surface area (Å²) in [4.78, 5) is 3.15. The highest BCUT2D eigenvalue weighted by atomic mass is 35.7. The molecular weight excluding hydrogens is 315 g/mol. The Morgan fingerprint density at radius 1 is 1.15 bits per heavy atom. The summed E-state index contributed by atoms with van der Waals surface area (Å²) in [5, 5.41) is 0. The lowest BCUT2D eigenvalue weighted by Gasteiger charge is -2.13. The number of aromatic nitrogens is 1. The second kappa shape index (κ2) is 5.06. The summed E-state index contributed by atoms with van der Waals surface area (Å²) in [6, 6.07) is 5.55. The Morgan fingerprint density at radius 2 is 1.85 bits per heavy atom. The van der Waals surface area contributed by atoms with Gasteiger partial charge in [0.25, 0.3) is 9.05 Å². The van der Waals surface area contributed by atoms with Crippen molar-refractivity contribution in [1.82, 2.24) is 4.98 Å². The lowest BCUT2D eigenvalue weighted by atomic mass is 10.0.